The van der Waals surface area contributed by atoms with Gasteiger partial charge in [0, 0.05) is 31.6 Å². The Balaban J connectivity index is 1.98. The summed E-state index contributed by atoms with van der Waals surface area (Å²) in [6.45, 7) is 5.24. The Labute approximate surface area is 107 Å². The fraction of sp³-hybridized carbons (Fsp3) is 0.667. The Bertz CT molecular complexity index is 431. The largest absolute Gasteiger partial charge is 0.378 e. The molecule has 6 heteroatoms. The van der Waals surface area contributed by atoms with Gasteiger partial charge in [0.2, 0.25) is 5.95 Å². The predicted molar refractivity (Wildman–Crippen MR) is 69.8 cm³/mol. The summed E-state index contributed by atoms with van der Waals surface area (Å²) in [6.07, 6.45) is 1.90. The molecule has 0 aliphatic carbocycles. The van der Waals surface area contributed by atoms with E-state index in [2.05, 4.69) is 20.2 Å². The normalized spacial score (nSPS) is 20.3. The molecule has 3 rings (SSSR count). The Morgan fingerprint density at radius 1 is 1.11 bits per heavy atom. The SMILES string of the molecule is Nc1nc2c(c(N3CCOCC3)n1)CCNCC2. The number of fused-ring (bicyclic) bond motifs is 1. The van der Waals surface area contributed by atoms with Gasteiger partial charge in [-0.3, -0.25) is 0 Å². The van der Waals surface area contributed by atoms with Crippen molar-refractivity contribution in [1.82, 2.24) is 15.3 Å². The Kier molecular flexibility index (Phi) is 3.29. The third-order valence-corrected chi connectivity index (χ3v) is 3.49. The quantitative estimate of drug-likeness (QED) is 0.704. The molecule has 0 unspecified atom stereocenters. The summed E-state index contributed by atoms with van der Waals surface area (Å²) in [4.78, 5) is 11.1. The van der Waals surface area contributed by atoms with Gasteiger partial charge in [-0.05, 0) is 13.0 Å². The average Bonchev–Trinajstić information content (AvgIpc) is 2.64. The summed E-state index contributed by atoms with van der Waals surface area (Å²) in [5, 5.41) is 3.39. The fourth-order valence-corrected chi connectivity index (χ4v) is 2.58. The zero-order chi connectivity index (χ0) is 12.4. The lowest BCUT2D eigenvalue weighted by Crippen LogP contribution is -2.38. The molecular formula is C12H19N5O. The van der Waals surface area contributed by atoms with Crippen molar-refractivity contribution in [1.29, 1.82) is 0 Å². The summed E-state index contributed by atoms with van der Waals surface area (Å²) in [7, 11) is 0. The third kappa shape index (κ3) is 2.26. The Morgan fingerprint density at radius 3 is 2.72 bits per heavy atom. The first-order valence-electron chi connectivity index (χ1n) is 6.53. The molecule has 1 saturated heterocycles. The molecule has 0 bridgehead atoms. The van der Waals surface area contributed by atoms with Crippen molar-refractivity contribution in [3.05, 3.63) is 11.3 Å². The number of ether oxygens (including phenoxy) is 1. The number of anilines is 2. The molecular weight excluding hydrogens is 230 g/mol. The molecule has 0 saturated carbocycles. The van der Waals surface area contributed by atoms with Crippen molar-refractivity contribution in [3.63, 3.8) is 0 Å². The number of hydrogen-bond acceptors (Lipinski definition) is 6. The van der Waals surface area contributed by atoms with E-state index in [-0.39, 0.29) is 0 Å². The van der Waals surface area contributed by atoms with E-state index in [1.54, 1.807) is 0 Å². The van der Waals surface area contributed by atoms with Gasteiger partial charge >= 0.3 is 0 Å². The minimum Gasteiger partial charge on any atom is -0.378 e. The van der Waals surface area contributed by atoms with Crippen LogP contribution >= 0.6 is 0 Å². The van der Waals surface area contributed by atoms with Gasteiger partial charge in [-0.25, -0.2) is 4.98 Å². The third-order valence-electron chi connectivity index (χ3n) is 3.49. The van der Waals surface area contributed by atoms with Crippen LogP contribution in [0.25, 0.3) is 0 Å². The summed E-state index contributed by atoms with van der Waals surface area (Å²) in [5.74, 6) is 1.40. The molecule has 18 heavy (non-hydrogen) atoms. The molecule has 3 heterocycles. The van der Waals surface area contributed by atoms with Crippen molar-refractivity contribution >= 4 is 11.8 Å². The molecule has 2 aliphatic heterocycles. The Hall–Kier alpha value is -1.40. The van der Waals surface area contributed by atoms with E-state index in [4.69, 9.17) is 10.5 Å². The molecule has 3 N–H and O–H groups in total. The van der Waals surface area contributed by atoms with E-state index in [9.17, 15) is 0 Å². The second kappa shape index (κ2) is 5.07. The standard InChI is InChI=1S/C12H19N5O/c13-12-15-10-2-4-14-3-1-9(10)11(16-12)17-5-7-18-8-6-17/h14H,1-8H2,(H2,13,15,16). The topological polar surface area (TPSA) is 76.3 Å². The lowest BCUT2D eigenvalue weighted by atomic mass is 10.1. The van der Waals surface area contributed by atoms with Crippen LogP contribution in [0.15, 0.2) is 0 Å². The van der Waals surface area contributed by atoms with Crippen LogP contribution in [0.4, 0.5) is 11.8 Å². The molecule has 0 radical (unpaired) electrons. The van der Waals surface area contributed by atoms with Crippen LogP contribution in [0.1, 0.15) is 11.3 Å². The van der Waals surface area contributed by atoms with Gasteiger partial charge in [-0.2, -0.15) is 4.98 Å². The lowest BCUT2D eigenvalue weighted by Gasteiger charge is -2.30. The molecule has 1 aromatic heterocycles. The van der Waals surface area contributed by atoms with Gasteiger partial charge in [-0.15, -0.1) is 0 Å². The molecule has 0 amide bonds. The van der Waals surface area contributed by atoms with Crippen molar-refractivity contribution < 1.29 is 4.74 Å². The molecule has 1 fully saturated rings. The maximum Gasteiger partial charge on any atom is 0.222 e. The van der Waals surface area contributed by atoms with Crippen molar-refractivity contribution in [2.75, 3.05) is 50.0 Å². The van der Waals surface area contributed by atoms with Crippen LogP contribution in [0.5, 0.6) is 0 Å². The predicted octanol–water partition coefficient (Wildman–Crippen LogP) is -0.416. The molecule has 0 aromatic carbocycles. The first-order chi connectivity index (χ1) is 8.84. The molecule has 2 aliphatic rings. The number of nitrogens with two attached hydrogens (primary N) is 1. The van der Waals surface area contributed by atoms with E-state index >= 15 is 0 Å². The smallest absolute Gasteiger partial charge is 0.222 e. The number of morpholine rings is 1. The van der Waals surface area contributed by atoms with Gasteiger partial charge in [0.25, 0.3) is 0 Å². The summed E-state index contributed by atoms with van der Waals surface area (Å²) >= 11 is 0. The van der Waals surface area contributed by atoms with Crippen LogP contribution in [0.2, 0.25) is 0 Å². The zero-order valence-electron chi connectivity index (χ0n) is 10.5. The number of nitrogen functional groups attached to an aromatic ring is 1. The van der Waals surface area contributed by atoms with Gasteiger partial charge in [0.15, 0.2) is 0 Å². The first-order valence-corrected chi connectivity index (χ1v) is 6.53. The monoisotopic (exact) mass is 249 g/mol. The lowest BCUT2D eigenvalue weighted by molar-refractivity contribution is 0.122. The van der Waals surface area contributed by atoms with Crippen LogP contribution in [-0.4, -0.2) is 49.4 Å². The summed E-state index contributed by atoms with van der Waals surface area (Å²) < 4.78 is 5.39. The number of rotatable bonds is 1. The second-order valence-corrected chi connectivity index (χ2v) is 4.68. The maximum atomic E-state index is 5.84. The van der Waals surface area contributed by atoms with E-state index in [0.717, 1.165) is 63.7 Å². The molecule has 6 nitrogen and oxygen atoms in total. The van der Waals surface area contributed by atoms with Gasteiger partial charge in [0.1, 0.15) is 5.82 Å². The average molecular weight is 249 g/mol. The van der Waals surface area contributed by atoms with Crippen LogP contribution < -0.4 is 16.0 Å². The van der Waals surface area contributed by atoms with E-state index in [1.165, 1.54) is 5.56 Å². The summed E-state index contributed by atoms with van der Waals surface area (Å²) in [5.41, 5.74) is 8.21. The summed E-state index contributed by atoms with van der Waals surface area (Å²) in [6, 6.07) is 0. The van der Waals surface area contributed by atoms with Crippen molar-refractivity contribution in [2.45, 2.75) is 12.8 Å². The van der Waals surface area contributed by atoms with Crippen LogP contribution in [0.3, 0.4) is 0 Å². The maximum absolute atomic E-state index is 5.84. The van der Waals surface area contributed by atoms with Gasteiger partial charge in [0.05, 0.1) is 18.9 Å². The Morgan fingerprint density at radius 2 is 1.89 bits per heavy atom. The highest BCUT2D eigenvalue weighted by Crippen LogP contribution is 2.24. The second-order valence-electron chi connectivity index (χ2n) is 4.68. The minimum absolute atomic E-state index is 0.386. The van der Waals surface area contributed by atoms with Gasteiger partial charge in [-0.1, -0.05) is 0 Å². The van der Waals surface area contributed by atoms with Crippen LogP contribution in [0, 0.1) is 0 Å². The van der Waals surface area contributed by atoms with E-state index < -0.39 is 0 Å². The molecule has 0 spiro atoms. The highest BCUT2D eigenvalue weighted by molar-refractivity contribution is 5.52. The van der Waals surface area contributed by atoms with E-state index in [0.29, 0.717) is 5.95 Å². The van der Waals surface area contributed by atoms with Crippen molar-refractivity contribution in [3.8, 4) is 0 Å². The highest BCUT2D eigenvalue weighted by atomic mass is 16.5. The molecule has 98 valence electrons. The first kappa shape index (κ1) is 11.7. The number of nitrogens with zero attached hydrogens (tertiary/aromatic N) is 3. The number of nitrogens with one attached hydrogen (secondary N) is 1. The van der Waals surface area contributed by atoms with Crippen LogP contribution in [-0.2, 0) is 17.6 Å². The number of aromatic nitrogens is 2. The highest BCUT2D eigenvalue weighted by Gasteiger charge is 2.21. The number of hydrogen-bond donors (Lipinski definition) is 2. The van der Waals surface area contributed by atoms with Gasteiger partial charge < -0.3 is 20.7 Å². The zero-order valence-corrected chi connectivity index (χ0v) is 10.5. The van der Waals surface area contributed by atoms with E-state index in [1.807, 2.05) is 0 Å². The van der Waals surface area contributed by atoms with Crippen molar-refractivity contribution in [2.24, 2.45) is 0 Å². The molecule has 1 aromatic rings. The molecule has 0 atom stereocenters. The minimum atomic E-state index is 0.386. The fourth-order valence-electron chi connectivity index (χ4n) is 2.58.